The Morgan fingerprint density at radius 1 is 1.11 bits per heavy atom. The number of anilines is 1. The predicted octanol–water partition coefficient (Wildman–Crippen LogP) is 2.00. The van der Waals surface area contributed by atoms with E-state index >= 15 is 0 Å². The highest BCUT2D eigenvalue weighted by molar-refractivity contribution is 7.98. The standard InChI is InChI=1S/C18H21N3O5S/c1-21-16-15(17(23)20-18(21)27-5)10(7-14(22)19-16)9-6-12(25-3)13(26-4)8-11(9)24-2/h6,8,10H,7H2,1-5H3,(H,19,22)/t10-/m1/s1. The Morgan fingerprint density at radius 2 is 1.74 bits per heavy atom. The summed E-state index contributed by atoms with van der Waals surface area (Å²) in [7, 11) is 6.36. The van der Waals surface area contributed by atoms with E-state index in [1.807, 2.05) is 6.26 Å². The maximum atomic E-state index is 12.8. The van der Waals surface area contributed by atoms with Gasteiger partial charge in [0.25, 0.3) is 5.56 Å². The van der Waals surface area contributed by atoms with E-state index in [9.17, 15) is 9.59 Å². The number of carbonyl (C=O) groups is 1. The fraction of sp³-hybridized carbons (Fsp3) is 0.389. The average Bonchev–Trinajstić information content (AvgIpc) is 2.68. The Hall–Kier alpha value is -2.68. The third-order valence-corrected chi connectivity index (χ3v) is 5.33. The molecule has 2 aromatic rings. The first-order valence-electron chi connectivity index (χ1n) is 8.19. The summed E-state index contributed by atoms with van der Waals surface area (Å²) >= 11 is 1.34. The van der Waals surface area contributed by atoms with E-state index in [0.717, 1.165) is 0 Å². The Bertz CT molecular complexity index is 957. The second-order valence-electron chi connectivity index (χ2n) is 5.98. The Kier molecular flexibility index (Phi) is 5.31. The van der Waals surface area contributed by atoms with Crippen molar-refractivity contribution in [2.45, 2.75) is 17.5 Å². The number of hydrogen-bond donors (Lipinski definition) is 1. The van der Waals surface area contributed by atoms with Gasteiger partial charge in [0.05, 0.1) is 26.9 Å². The molecule has 1 aliphatic rings. The Labute approximate surface area is 160 Å². The molecule has 1 aromatic carbocycles. The highest BCUT2D eigenvalue weighted by Gasteiger charge is 2.34. The maximum Gasteiger partial charge on any atom is 0.279 e. The minimum Gasteiger partial charge on any atom is -0.496 e. The third-order valence-electron chi connectivity index (χ3n) is 4.59. The molecule has 1 aliphatic heterocycles. The van der Waals surface area contributed by atoms with Crippen molar-refractivity contribution in [3.8, 4) is 17.2 Å². The average molecular weight is 391 g/mol. The lowest BCUT2D eigenvalue weighted by molar-refractivity contribution is -0.116. The van der Waals surface area contributed by atoms with Crippen LogP contribution in [-0.2, 0) is 11.8 Å². The quantitative estimate of drug-likeness (QED) is 0.616. The number of ether oxygens (including phenoxy) is 3. The van der Waals surface area contributed by atoms with Crippen LogP contribution in [0.4, 0.5) is 5.82 Å². The molecule has 0 saturated carbocycles. The summed E-state index contributed by atoms with van der Waals surface area (Å²) in [6.45, 7) is 0. The van der Waals surface area contributed by atoms with Crippen molar-refractivity contribution in [3.05, 3.63) is 33.6 Å². The summed E-state index contributed by atoms with van der Waals surface area (Å²) in [5, 5.41) is 3.33. The van der Waals surface area contributed by atoms with E-state index in [-0.39, 0.29) is 17.9 Å². The van der Waals surface area contributed by atoms with Gasteiger partial charge in [-0.25, -0.2) is 0 Å². The lowest BCUT2D eigenvalue weighted by atomic mass is 9.86. The van der Waals surface area contributed by atoms with E-state index in [1.54, 1.807) is 23.7 Å². The highest BCUT2D eigenvalue weighted by atomic mass is 32.2. The highest BCUT2D eigenvalue weighted by Crippen LogP contribution is 2.44. The number of nitrogens with one attached hydrogen (secondary N) is 1. The number of aromatic nitrogens is 2. The molecule has 1 atom stereocenters. The molecule has 0 aliphatic carbocycles. The van der Waals surface area contributed by atoms with Gasteiger partial charge in [-0.05, 0) is 12.3 Å². The van der Waals surface area contributed by atoms with Crippen molar-refractivity contribution >= 4 is 23.5 Å². The van der Waals surface area contributed by atoms with Crippen molar-refractivity contribution < 1.29 is 19.0 Å². The third kappa shape index (κ3) is 3.23. The van der Waals surface area contributed by atoms with Gasteiger partial charge in [0.15, 0.2) is 16.7 Å². The van der Waals surface area contributed by atoms with Gasteiger partial charge in [-0.3, -0.25) is 9.59 Å². The van der Waals surface area contributed by atoms with Crippen LogP contribution in [-0.4, -0.2) is 43.0 Å². The number of hydrogen-bond acceptors (Lipinski definition) is 7. The molecule has 27 heavy (non-hydrogen) atoms. The zero-order chi connectivity index (χ0) is 19.7. The normalized spacial score (nSPS) is 15.7. The van der Waals surface area contributed by atoms with Crippen molar-refractivity contribution in [1.29, 1.82) is 0 Å². The molecule has 0 saturated heterocycles. The summed E-state index contributed by atoms with van der Waals surface area (Å²) in [5.74, 6) is 1.27. The summed E-state index contributed by atoms with van der Waals surface area (Å²) < 4.78 is 17.9. The van der Waals surface area contributed by atoms with Crippen LogP contribution in [0, 0.1) is 0 Å². The molecule has 2 heterocycles. The number of benzene rings is 1. The number of methoxy groups -OCH3 is 3. The van der Waals surface area contributed by atoms with E-state index in [0.29, 0.717) is 39.3 Å². The van der Waals surface area contributed by atoms with Gasteiger partial charge < -0.3 is 24.1 Å². The fourth-order valence-corrected chi connectivity index (χ4v) is 3.85. The summed E-state index contributed by atoms with van der Waals surface area (Å²) in [5.41, 5.74) is 0.733. The van der Waals surface area contributed by atoms with Gasteiger partial charge in [-0.2, -0.15) is 4.98 Å². The molecule has 0 fully saturated rings. The second kappa shape index (κ2) is 7.51. The predicted molar refractivity (Wildman–Crippen MR) is 102 cm³/mol. The molecule has 0 bridgehead atoms. The molecule has 1 aromatic heterocycles. The van der Waals surface area contributed by atoms with Crippen LogP contribution < -0.4 is 25.1 Å². The van der Waals surface area contributed by atoms with Crippen LogP contribution in [0.2, 0.25) is 0 Å². The van der Waals surface area contributed by atoms with Crippen LogP contribution in [0.15, 0.2) is 22.1 Å². The van der Waals surface area contributed by atoms with Crippen molar-refractivity contribution in [2.24, 2.45) is 7.05 Å². The first kappa shape index (κ1) is 19.1. The van der Waals surface area contributed by atoms with Gasteiger partial charge in [0, 0.05) is 31.0 Å². The fourth-order valence-electron chi connectivity index (χ4n) is 3.31. The molecule has 8 nitrogen and oxygen atoms in total. The molecular formula is C18H21N3O5S. The lowest BCUT2D eigenvalue weighted by Gasteiger charge is -2.28. The zero-order valence-electron chi connectivity index (χ0n) is 15.8. The second-order valence-corrected chi connectivity index (χ2v) is 6.75. The van der Waals surface area contributed by atoms with Crippen LogP contribution in [0.25, 0.3) is 0 Å². The van der Waals surface area contributed by atoms with Crippen LogP contribution in [0.3, 0.4) is 0 Å². The first-order valence-corrected chi connectivity index (χ1v) is 9.42. The monoisotopic (exact) mass is 391 g/mol. The summed E-state index contributed by atoms with van der Waals surface area (Å²) in [4.78, 5) is 29.3. The Balaban J connectivity index is 2.27. The van der Waals surface area contributed by atoms with Crippen LogP contribution >= 0.6 is 11.8 Å². The zero-order valence-corrected chi connectivity index (χ0v) is 16.6. The molecule has 0 unspecified atom stereocenters. The number of amides is 1. The van der Waals surface area contributed by atoms with E-state index in [2.05, 4.69) is 10.3 Å². The van der Waals surface area contributed by atoms with E-state index < -0.39 is 5.92 Å². The molecule has 9 heteroatoms. The molecule has 0 radical (unpaired) electrons. The molecule has 0 spiro atoms. The number of carbonyl (C=O) groups excluding carboxylic acids is 1. The number of nitrogens with zero attached hydrogens (tertiary/aromatic N) is 2. The van der Waals surface area contributed by atoms with Gasteiger partial charge in [0.2, 0.25) is 5.91 Å². The molecule has 3 rings (SSSR count). The van der Waals surface area contributed by atoms with E-state index in [1.165, 1.54) is 33.1 Å². The van der Waals surface area contributed by atoms with Crippen molar-refractivity contribution in [1.82, 2.24) is 9.55 Å². The van der Waals surface area contributed by atoms with Gasteiger partial charge >= 0.3 is 0 Å². The largest absolute Gasteiger partial charge is 0.496 e. The Morgan fingerprint density at radius 3 is 2.33 bits per heavy atom. The summed E-state index contributed by atoms with van der Waals surface area (Å²) in [6.07, 6.45) is 1.93. The van der Waals surface area contributed by atoms with Crippen LogP contribution in [0.1, 0.15) is 23.5 Å². The van der Waals surface area contributed by atoms with Crippen molar-refractivity contribution in [2.75, 3.05) is 32.9 Å². The van der Waals surface area contributed by atoms with Gasteiger partial charge in [-0.1, -0.05) is 11.8 Å². The minimum absolute atomic E-state index is 0.106. The van der Waals surface area contributed by atoms with Gasteiger partial charge in [0.1, 0.15) is 11.6 Å². The van der Waals surface area contributed by atoms with Crippen molar-refractivity contribution in [3.63, 3.8) is 0 Å². The van der Waals surface area contributed by atoms with Crippen LogP contribution in [0.5, 0.6) is 17.2 Å². The SMILES string of the molecule is COc1cc(OC)c([C@H]2CC(=O)Nc3c2c(=O)nc(SC)n3C)cc1OC. The molecule has 1 N–H and O–H groups in total. The first-order chi connectivity index (χ1) is 12.9. The lowest BCUT2D eigenvalue weighted by Crippen LogP contribution is -2.33. The molecule has 1 amide bonds. The minimum atomic E-state index is -0.509. The molecular weight excluding hydrogens is 370 g/mol. The topological polar surface area (TPSA) is 91.7 Å². The summed E-state index contributed by atoms with van der Waals surface area (Å²) in [6, 6.07) is 3.43. The van der Waals surface area contributed by atoms with Gasteiger partial charge in [-0.15, -0.1) is 0 Å². The number of thioether (sulfide) groups is 1. The smallest absolute Gasteiger partial charge is 0.279 e. The maximum absolute atomic E-state index is 12.8. The number of fused-ring (bicyclic) bond motifs is 1. The number of rotatable bonds is 5. The van der Waals surface area contributed by atoms with E-state index in [4.69, 9.17) is 14.2 Å². The molecule has 144 valence electrons.